The molecule has 0 unspecified atom stereocenters. The molecule has 0 saturated carbocycles. The zero-order valence-corrected chi connectivity index (χ0v) is 27.5. The predicted octanol–water partition coefficient (Wildman–Crippen LogP) is 4.59. The highest BCUT2D eigenvalue weighted by Gasteiger charge is 2.34. The summed E-state index contributed by atoms with van der Waals surface area (Å²) in [4.78, 5) is 79.6. The highest BCUT2D eigenvalue weighted by atomic mass is 16.7. The molecule has 256 valence electrons. The quantitative estimate of drug-likeness (QED) is 0.195. The van der Waals surface area contributed by atoms with E-state index in [0.29, 0.717) is 11.5 Å². The Balaban J connectivity index is 1.12. The lowest BCUT2D eigenvalue weighted by atomic mass is 9.98. The number of nitrogens with zero attached hydrogens (tertiary/aromatic N) is 1. The van der Waals surface area contributed by atoms with Crippen LogP contribution in [0.25, 0.3) is 11.1 Å². The minimum absolute atomic E-state index is 0.0555. The fourth-order valence-corrected chi connectivity index (χ4v) is 5.58. The van der Waals surface area contributed by atoms with Crippen molar-refractivity contribution in [3.8, 4) is 11.1 Å². The Morgan fingerprint density at radius 3 is 2.04 bits per heavy atom. The second-order valence-corrected chi connectivity index (χ2v) is 12.5. The molecule has 1 heterocycles. The number of carbonyl (C=O) groups excluding carboxylic acids is 6. The zero-order valence-electron chi connectivity index (χ0n) is 27.5. The molecule has 3 aromatic carbocycles. The van der Waals surface area contributed by atoms with E-state index in [0.717, 1.165) is 22.3 Å². The van der Waals surface area contributed by atoms with Crippen LogP contribution in [0.15, 0.2) is 66.7 Å². The van der Waals surface area contributed by atoms with Crippen molar-refractivity contribution in [1.82, 2.24) is 21.0 Å². The molecule has 2 aliphatic rings. The summed E-state index contributed by atoms with van der Waals surface area (Å²) in [6.07, 6.45) is -1.05. The van der Waals surface area contributed by atoms with Crippen LogP contribution in [0.4, 0.5) is 9.59 Å². The van der Waals surface area contributed by atoms with Crippen LogP contribution in [-0.2, 0) is 30.4 Å². The number of imide groups is 1. The average molecular weight is 671 g/mol. The molecule has 13 heteroatoms. The van der Waals surface area contributed by atoms with Gasteiger partial charge in [0.15, 0.2) is 0 Å². The van der Waals surface area contributed by atoms with Crippen LogP contribution in [-0.4, -0.2) is 66.2 Å². The minimum atomic E-state index is -1.00. The van der Waals surface area contributed by atoms with Crippen LogP contribution in [0, 0.1) is 0 Å². The average Bonchev–Trinajstić information content (AvgIpc) is 3.56. The number of alkyl carbamates (subject to hydrolysis) is 2. The number of ether oxygens (including phenoxy) is 2. The lowest BCUT2D eigenvalue weighted by Gasteiger charge is -2.20. The topological polar surface area (TPSA) is 169 Å². The molecule has 1 aliphatic heterocycles. The Morgan fingerprint density at radius 2 is 1.41 bits per heavy atom. The van der Waals surface area contributed by atoms with Gasteiger partial charge in [-0.3, -0.25) is 14.4 Å². The summed E-state index contributed by atoms with van der Waals surface area (Å²) < 4.78 is 10.8. The first-order valence-corrected chi connectivity index (χ1v) is 16.0. The monoisotopic (exact) mass is 670 g/mol. The molecule has 13 nitrogen and oxygen atoms in total. The van der Waals surface area contributed by atoms with Gasteiger partial charge in [-0.2, -0.15) is 0 Å². The van der Waals surface area contributed by atoms with Crippen molar-refractivity contribution in [1.29, 1.82) is 0 Å². The lowest BCUT2D eigenvalue weighted by molar-refractivity contribution is -0.172. The minimum Gasteiger partial charge on any atom is -0.449 e. The second kappa shape index (κ2) is 15.0. The van der Waals surface area contributed by atoms with Crippen molar-refractivity contribution >= 4 is 35.9 Å². The van der Waals surface area contributed by atoms with Crippen molar-refractivity contribution in [2.75, 3.05) is 19.7 Å². The van der Waals surface area contributed by atoms with Crippen LogP contribution in [0.5, 0.6) is 0 Å². The van der Waals surface area contributed by atoms with Crippen molar-refractivity contribution in [2.45, 2.75) is 58.1 Å². The maximum atomic E-state index is 13.0. The normalized spacial score (nSPS) is 13.7. The molecule has 5 rings (SSSR count). The maximum Gasteiger partial charge on any atom is 0.407 e. The first-order chi connectivity index (χ1) is 23.4. The van der Waals surface area contributed by atoms with Gasteiger partial charge in [-0.25, -0.2) is 14.4 Å². The summed E-state index contributed by atoms with van der Waals surface area (Å²) >= 11 is 0. The third-order valence-corrected chi connectivity index (χ3v) is 7.84. The molecule has 0 bridgehead atoms. The zero-order chi connectivity index (χ0) is 35.1. The van der Waals surface area contributed by atoms with E-state index in [1.54, 1.807) is 20.8 Å². The molecule has 49 heavy (non-hydrogen) atoms. The Labute approximate surface area is 283 Å². The van der Waals surface area contributed by atoms with Crippen molar-refractivity contribution < 1.29 is 43.1 Å². The van der Waals surface area contributed by atoms with Gasteiger partial charge in [-0.1, -0.05) is 48.5 Å². The lowest BCUT2D eigenvalue weighted by Crippen LogP contribution is -2.34. The van der Waals surface area contributed by atoms with Crippen LogP contribution in [0.1, 0.15) is 83.4 Å². The molecule has 0 aromatic heterocycles. The third kappa shape index (κ3) is 8.61. The molecule has 1 saturated heterocycles. The number of nitrogens with one attached hydrogen (secondary N) is 3. The van der Waals surface area contributed by atoms with Crippen LogP contribution in [0.3, 0.4) is 0 Å². The van der Waals surface area contributed by atoms with Crippen molar-refractivity contribution in [2.24, 2.45) is 0 Å². The fraction of sp³-hybridized carbons (Fsp3) is 0.333. The van der Waals surface area contributed by atoms with E-state index in [1.807, 2.05) is 36.4 Å². The van der Waals surface area contributed by atoms with Gasteiger partial charge < -0.3 is 30.3 Å². The number of hydrogen-bond acceptors (Lipinski definition) is 9. The molecule has 5 amide bonds. The Morgan fingerprint density at radius 1 is 0.796 bits per heavy atom. The van der Waals surface area contributed by atoms with E-state index in [4.69, 9.17) is 14.3 Å². The molecular formula is C36H38N4O9. The first kappa shape index (κ1) is 34.6. The second-order valence-electron chi connectivity index (χ2n) is 12.5. The number of hydrogen-bond donors (Lipinski definition) is 3. The number of carbonyl (C=O) groups is 6. The Bertz CT molecular complexity index is 1720. The summed E-state index contributed by atoms with van der Waals surface area (Å²) in [5.74, 6) is -2.81. The first-order valence-electron chi connectivity index (χ1n) is 16.0. The van der Waals surface area contributed by atoms with E-state index in [9.17, 15) is 28.8 Å². The van der Waals surface area contributed by atoms with Gasteiger partial charge in [-0.15, -0.1) is 5.06 Å². The molecule has 0 radical (unpaired) electrons. The Kier molecular flexibility index (Phi) is 10.6. The molecule has 1 fully saturated rings. The SMILES string of the molecule is CC(C)(C)OC(=O)NCc1cc(C(=O)NCCCNC(=O)OCC2c3ccccc3-c3ccccc32)ccc1C(=O)ON1C(=O)CCC1=O. The number of hydroxylamine groups is 2. The van der Waals surface area contributed by atoms with Gasteiger partial charge in [0.2, 0.25) is 0 Å². The standard InChI is InChI=1S/C36H38N4O9/c1-36(2,3)48-35(46)39-20-23-19-22(13-14-24(23)33(44)49-40-30(41)15-16-31(40)42)32(43)37-17-8-18-38-34(45)47-21-29-27-11-6-4-9-25(27)26-10-5-7-12-28(26)29/h4-7,9-14,19,29H,8,15-18,20-21H2,1-3H3,(H,37,43)(H,38,45)(H,39,46). The summed E-state index contributed by atoms with van der Waals surface area (Å²) in [6, 6.07) is 20.2. The highest BCUT2D eigenvalue weighted by Crippen LogP contribution is 2.44. The largest absolute Gasteiger partial charge is 0.449 e. The number of fused-ring (bicyclic) bond motifs is 3. The molecule has 0 spiro atoms. The summed E-state index contributed by atoms with van der Waals surface area (Å²) in [6.45, 7) is 5.52. The van der Waals surface area contributed by atoms with Gasteiger partial charge in [0.25, 0.3) is 17.7 Å². The number of rotatable bonds is 11. The highest BCUT2D eigenvalue weighted by molar-refractivity contribution is 6.03. The smallest absolute Gasteiger partial charge is 0.407 e. The molecule has 3 N–H and O–H groups in total. The molecular weight excluding hydrogens is 632 g/mol. The van der Waals surface area contributed by atoms with Crippen molar-refractivity contribution in [3.05, 3.63) is 94.5 Å². The number of amides is 5. The van der Waals surface area contributed by atoms with Crippen LogP contribution in [0.2, 0.25) is 0 Å². The van der Waals surface area contributed by atoms with Crippen LogP contribution >= 0.6 is 0 Å². The molecule has 3 aromatic rings. The Hall–Kier alpha value is -5.72. The van der Waals surface area contributed by atoms with E-state index >= 15 is 0 Å². The van der Waals surface area contributed by atoms with Gasteiger partial charge in [0.05, 0.1) is 5.56 Å². The summed E-state index contributed by atoms with van der Waals surface area (Å²) in [5, 5.41) is 8.42. The van der Waals surface area contributed by atoms with Gasteiger partial charge in [-0.05, 0) is 73.2 Å². The van der Waals surface area contributed by atoms with Crippen molar-refractivity contribution in [3.63, 3.8) is 0 Å². The maximum absolute atomic E-state index is 13.0. The summed E-state index contributed by atoms with van der Waals surface area (Å²) in [7, 11) is 0. The van der Waals surface area contributed by atoms with E-state index < -0.39 is 41.5 Å². The van der Waals surface area contributed by atoms with E-state index in [2.05, 4.69) is 28.1 Å². The molecule has 0 atom stereocenters. The van der Waals surface area contributed by atoms with E-state index in [1.165, 1.54) is 18.2 Å². The van der Waals surface area contributed by atoms with Gasteiger partial charge >= 0.3 is 18.2 Å². The fourth-order valence-electron chi connectivity index (χ4n) is 5.58. The van der Waals surface area contributed by atoms with E-state index in [-0.39, 0.29) is 61.7 Å². The number of benzene rings is 3. The van der Waals surface area contributed by atoms with Crippen LogP contribution < -0.4 is 16.0 Å². The van der Waals surface area contributed by atoms with Gasteiger partial charge in [0.1, 0.15) is 12.2 Å². The van der Waals surface area contributed by atoms with Gasteiger partial charge in [0, 0.05) is 44.0 Å². The molecule has 1 aliphatic carbocycles. The third-order valence-electron chi connectivity index (χ3n) is 7.84. The summed E-state index contributed by atoms with van der Waals surface area (Å²) in [5.41, 5.74) is 4.04. The predicted molar refractivity (Wildman–Crippen MR) is 176 cm³/mol.